The molecule has 0 aromatic heterocycles. The number of nitrogens with zero attached hydrogens (tertiary/aromatic N) is 1. The van der Waals surface area contributed by atoms with Crippen molar-refractivity contribution >= 4 is 38.9 Å². The number of amides is 2. The number of sulfonamides is 1. The number of hydrogen-bond donors (Lipinski definition) is 2. The van der Waals surface area contributed by atoms with E-state index >= 15 is 0 Å². The highest BCUT2D eigenvalue weighted by atomic mass is 32.2. The third-order valence-electron chi connectivity index (χ3n) is 5.94. The van der Waals surface area contributed by atoms with Crippen molar-refractivity contribution < 1.29 is 22.7 Å². The van der Waals surface area contributed by atoms with Gasteiger partial charge in [0.25, 0.3) is 10.0 Å². The van der Waals surface area contributed by atoms with Gasteiger partial charge in [-0.15, -0.1) is 0 Å². The lowest BCUT2D eigenvalue weighted by Crippen LogP contribution is -2.28. The molecule has 1 fully saturated rings. The predicted molar refractivity (Wildman–Crippen MR) is 135 cm³/mol. The lowest BCUT2D eigenvalue weighted by atomic mass is 10.1. The molecule has 2 N–H and O–H groups in total. The van der Waals surface area contributed by atoms with Gasteiger partial charge in [0, 0.05) is 24.3 Å². The summed E-state index contributed by atoms with van der Waals surface area (Å²) in [7, 11) is -2.21. The van der Waals surface area contributed by atoms with E-state index in [1.165, 1.54) is 24.3 Å². The molecule has 1 aliphatic rings. The molecule has 1 unspecified atom stereocenters. The van der Waals surface area contributed by atoms with Crippen molar-refractivity contribution in [1.29, 1.82) is 0 Å². The van der Waals surface area contributed by atoms with Crippen LogP contribution in [0.15, 0.2) is 71.6 Å². The maximum atomic E-state index is 12.8. The van der Waals surface area contributed by atoms with E-state index in [0.29, 0.717) is 22.8 Å². The fourth-order valence-electron chi connectivity index (χ4n) is 3.99. The Kier molecular flexibility index (Phi) is 6.79. The number of ether oxygens (including phenoxy) is 1. The first-order chi connectivity index (χ1) is 16.7. The van der Waals surface area contributed by atoms with Crippen LogP contribution in [0, 0.1) is 19.8 Å². The first-order valence-electron chi connectivity index (χ1n) is 11.1. The maximum Gasteiger partial charge on any atom is 0.261 e. The summed E-state index contributed by atoms with van der Waals surface area (Å²) in [6, 6.07) is 18.5. The Morgan fingerprint density at radius 1 is 1.00 bits per heavy atom. The van der Waals surface area contributed by atoms with Crippen LogP contribution in [0.3, 0.4) is 0 Å². The highest BCUT2D eigenvalue weighted by Crippen LogP contribution is 2.28. The maximum absolute atomic E-state index is 12.8. The van der Waals surface area contributed by atoms with E-state index < -0.39 is 15.9 Å². The summed E-state index contributed by atoms with van der Waals surface area (Å²) in [5, 5.41) is 2.79. The van der Waals surface area contributed by atoms with Crippen molar-refractivity contribution in [2.24, 2.45) is 5.92 Å². The van der Waals surface area contributed by atoms with Gasteiger partial charge >= 0.3 is 0 Å². The highest BCUT2D eigenvalue weighted by molar-refractivity contribution is 7.92. The van der Waals surface area contributed by atoms with E-state index in [2.05, 4.69) is 10.0 Å². The number of anilines is 3. The molecular weight excluding hydrogens is 466 g/mol. The van der Waals surface area contributed by atoms with Gasteiger partial charge in [0.05, 0.1) is 23.6 Å². The van der Waals surface area contributed by atoms with Crippen LogP contribution in [0.1, 0.15) is 17.5 Å². The Morgan fingerprint density at radius 3 is 2.31 bits per heavy atom. The first-order valence-corrected chi connectivity index (χ1v) is 12.6. The van der Waals surface area contributed by atoms with E-state index in [1.807, 2.05) is 26.0 Å². The molecule has 0 aliphatic carbocycles. The van der Waals surface area contributed by atoms with Crippen LogP contribution < -0.4 is 19.7 Å². The molecule has 1 aliphatic heterocycles. The first kappa shape index (κ1) is 24.3. The second-order valence-electron chi connectivity index (χ2n) is 8.54. The summed E-state index contributed by atoms with van der Waals surface area (Å²) in [6.45, 7) is 4.05. The predicted octanol–water partition coefficient (Wildman–Crippen LogP) is 4.10. The minimum atomic E-state index is -3.78. The van der Waals surface area contributed by atoms with Crippen LogP contribution in [-0.4, -0.2) is 33.9 Å². The summed E-state index contributed by atoms with van der Waals surface area (Å²) in [6.07, 6.45) is 0.101. The average Bonchev–Trinajstić information content (AvgIpc) is 3.23. The fraction of sp³-hybridized carbons (Fsp3) is 0.231. The molecule has 182 valence electrons. The molecule has 3 aromatic carbocycles. The van der Waals surface area contributed by atoms with Gasteiger partial charge in [-0.25, -0.2) is 8.42 Å². The lowest BCUT2D eigenvalue weighted by Gasteiger charge is -2.17. The Hall–Kier alpha value is -3.85. The molecule has 3 aromatic rings. The molecule has 4 rings (SSSR count). The number of hydrogen-bond acceptors (Lipinski definition) is 5. The zero-order valence-electron chi connectivity index (χ0n) is 19.7. The molecule has 0 radical (unpaired) electrons. The quantitative estimate of drug-likeness (QED) is 0.516. The minimum absolute atomic E-state index is 0.0807. The summed E-state index contributed by atoms with van der Waals surface area (Å²) in [5.74, 6) is -0.254. The summed E-state index contributed by atoms with van der Waals surface area (Å²) in [4.78, 5) is 26.9. The van der Waals surface area contributed by atoms with Gasteiger partial charge in [-0.05, 0) is 74.0 Å². The number of nitrogens with one attached hydrogen (secondary N) is 2. The number of aryl methyl sites for hydroxylation is 2. The number of carbonyl (C=O) groups excluding carboxylic acids is 2. The average molecular weight is 494 g/mol. The van der Waals surface area contributed by atoms with Crippen LogP contribution in [0.25, 0.3) is 0 Å². The van der Waals surface area contributed by atoms with E-state index in [9.17, 15) is 18.0 Å². The smallest absolute Gasteiger partial charge is 0.261 e. The van der Waals surface area contributed by atoms with E-state index in [1.54, 1.807) is 42.3 Å². The van der Waals surface area contributed by atoms with E-state index in [4.69, 9.17) is 4.74 Å². The fourth-order valence-corrected chi connectivity index (χ4v) is 5.12. The van der Waals surface area contributed by atoms with Crippen LogP contribution in [-0.2, 0) is 19.6 Å². The molecule has 1 heterocycles. The second-order valence-corrected chi connectivity index (χ2v) is 10.2. The van der Waals surface area contributed by atoms with Crippen LogP contribution >= 0.6 is 0 Å². The Labute approximate surface area is 205 Å². The van der Waals surface area contributed by atoms with Crippen molar-refractivity contribution in [3.8, 4) is 5.75 Å². The Morgan fingerprint density at radius 2 is 1.69 bits per heavy atom. The molecular formula is C26H27N3O5S. The molecule has 8 nitrogen and oxygen atoms in total. The normalized spacial score (nSPS) is 15.7. The van der Waals surface area contributed by atoms with Gasteiger partial charge in [0.1, 0.15) is 5.75 Å². The van der Waals surface area contributed by atoms with Crippen molar-refractivity contribution in [2.75, 3.05) is 28.6 Å². The number of methoxy groups -OCH3 is 1. The van der Waals surface area contributed by atoms with Crippen LogP contribution in [0.2, 0.25) is 0 Å². The molecule has 0 bridgehead atoms. The van der Waals surface area contributed by atoms with Gasteiger partial charge in [0.2, 0.25) is 11.8 Å². The second kappa shape index (κ2) is 9.79. The van der Waals surface area contributed by atoms with Crippen molar-refractivity contribution in [3.63, 3.8) is 0 Å². The Balaban J connectivity index is 1.40. The third kappa shape index (κ3) is 5.46. The number of benzene rings is 3. The summed E-state index contributed by atoms with van der Waals surface area (Å²) < 4.78 is 33.3. The molecule has 35 heavy (non-hydrogen) atoms. The van der Waals surface area contributed by atoms with E-state index in [-0.39, 0.29) is 29.7 Å². The molecule has 2 amide bonds. The molecule has 1 atom stereocenters. The topological polar surface area (TPSA) is 105 Å². The van der Waals surface area contributed by atoms with Gasteiger partial charge in [-0.2, -0.15) is 0 Å². The van der Waals surface area contributed by atoms with E-state index in [0.717, 1.165) is 11.1 Å². The number of carbonyl (C=O) groups is 2. The Bertz CT molecular complexity index is 1350. The molecule has 1 saturated heterocycles. The van der Waals surface area contributed by atoms with Crippen molar-refractivity contribution in [1.82, 2.24) is 0 Å². The number of rotatable bonds is 7. The molecule has 0 saturated carbocycles. The zero-order valence-corrected chi connectivity index (χ0v) is 20.6. The van der Waals surface area contributed by atoms with Gasteiger partial charge in [-0.1, -0.05) is 17.7 Å². The standard InChI is InChI=1S/C26H27N3O5S/c1-17-4-13-24(18(2)14-17)28-35(32,33)23-11-5-20(6-12-23)27-26(31)19-15-25(30)29(16-19)21-7-9-22(34-3)10-8-21/h4-14,19,28H,15-16H2,1-3H3,(H,27,31). The highest BCUT2D eigenvalue weighted by Gasteiger charge is 2.35. The van der Waals surface area contributed by atoms with Crippen LogP contribution in [0.5, 0.6) is 5.75 Å². The summed E-state index contributed by atoms with van der Waals surface area (Å²) >= 11 is 0. The van der Waals surface area contributed by atoms with Crippen molar-refractivity contribution in [2.45, 2.75) is 25.2 Å². The molecule has 0 spiro atoms. The van der Waals surface area contributed by atoms with Gasteiger partial charge in [-0.3, -0.25) is 14.3 Å². The van der Waals surface area contributed by atoms with Crippen molar-refractivity contribution in [3.05, 3.63) is 77.9 Å². The monoisotopic (exact) mass is 493 g/mol. The summed E-state index contributed by atoms with van der Waals surface area (Å²) in [5.41, 5.74) is 3.54. The molecule has 9 heteroatoms. The third-order valence-corrected chi connectivity index (χ3v) is 7.32. The zero-order chi connectivity index (χ0) is 25.2. The lowest BCUT2D eigenvalue weighted by molar-refractivity contribution is -0.122. The van der Waals surface area contributed by atoms with Gasteiger partial charge in [0.15, 0.2) is 0 Å². The largest absolute Gasteiger partial charge is 0.497 e. The minimum Gasteiger partial charge on any atom is -0.497 e. The van der Waals surface area contributed by atoms with Gasteiger partial charge < -0.3 is 15.0 Å². The SMILES string of the molecule is COc1ccc(N2CC(C(=O)Nc3ccc(S(=O)(=O)Nc4ccc(C)cc4C)cc3)CC2=O)cc1. The van der Waals surface area contributed by atoms with Crippen LogP contribution in [0.4, 0.5) is 17.1 Å².